The fourth-order valence-electron chi connectivity index (χ4n) is 6.15. The Balaban J connectivity index is 1.45. The summed E-state index contributed by atoms with van der Waals surface area (Å²) >= 11 is 0. The molecule has 0 aliphatic heterocycles. The normalized spacial score (nSPS) is 21.8. The van der Waals surface area contributed by atoms with Crippen molar-refractivity contribution >= 4 is 9.84 Å². The Morgan fingerprint density at radius 3 is 2.59 bits per heavy atom. The van der Waals surface area contributed by atoms with Gasteiger partial charge in [-0.05, 0) is 54.0 Å². The summed E-state index contributed by atoms with van der Waals surface area (Å²) in [5, 5.41) is 13.0. The monoisotopic (exact) mass is 523 g/mol. The summed E-state index contributed by atoms with van der Waals surface area (Å²) < 4.78 is 53.6. The van der Waals surface area contributed by atoms with Gasteiger partial charge in [0, 0.05) is 12.5 Å². The molecule has 12 heteroatoms. The first-order valence-corrected chi connectivity index (χ1v) is 13.8. The van der Waals surface area contributed by atoms with Crippen LogP contribution >= 0.6 is 0 Å². The average Bonchev–Trinajstić information content (AvgIpc) is 3.45. The van der Waals surface area contributed by atoms with E-state index in [4.69, 9.17) is 4.98 Å². The van der Waals surface area contributed by atoms with Gasteiger partial charge < -0.3 is 0 Å². The van der Waals surface area contributed by atoms with E-state index in [0.29, 0.717) is 0 Å². The van der Waals surface area contributed by atoms with Gasteiger partial charge in [0.1, 0.15) is 23.7 Å². The predicted octanol–water partition coefficient (Wildman–Crippen LogP) is 3.54. The van der Waals surface area contributed by atoms with Crippen LogP contribution in [0.2, 0.25) is 0 Å². The van der Waals surface area contributed by atoms with Crippen LogP contribution < -0.4 is 0 Å². The summed E-state index contributed by atoms with van der Waals surface area (Å²) in [5.41, 5.74) is 1.45. The van der Waals surface area contributed by atoms with Gasteiger partial charge in [0.25, 0.3) is 5.95 Å². The molecule has 37 heavy (non-hydrogen) atoms. The highest BCUT2D eigenvalue weighted by atomic mass is 32.2. The van der Waals surface area contributed by atoms with Crippen LogP contribution in [0.3, 0.4) is 0 Å². The highest BCUT2D eigenvalue weighted by Crippen LogP contribution is 2.69. The lowest BCUT2D eigenvalue weighted by Crippen LogP contribution is -2.38. The summed E-state index contributed by atoms with van der Waals surface area (Å²) in [6.07, 6.45) is 5.76. The first kappa shape index (κ1) is 23.7. The molecule has 1 fully saturated rings. The molecule has 0 N–H and O–H groups in total. The van der Waals surface area contributed by atoms with Crippen molar-refractivity contribution in [2.75, 3.05) is 6.26 Å². The van der Waals surface area contributed by atoms with Gasteiger partial charge in [-0.1, -0.05) is 19.9 Å². The van der Waals surface area contributed by atoms with Crippen molar-refractivity contribution in [3.63, 3.8) is 0 Å². The Morgan fingerprint density at radius 2 is 1.86 bits per heavy atom. The second-order valence-corrected chi connectivity index (χ2v) is 12.4. The number of benzene rings is 1. The molecule has 3 heterocycles. The lowest BCUT2D eigenvalue weighted by molar-refractivity contribution is 0.242. The molecule has 0 unspecified atom stereocenters. The van der Waals surface area contributed by atoms with Crippen LogP contribution in [0.15, 0.2) is 42.9 Å². The summed E-state index contributed by atoms with van der Waals surface area (Å²) in [6, 6.07) is 7.33. The van der Waals surface area contributed by atoms with Crippen molar-refractivity contribution in [2.45, 2.75) is 43.8 Å². The molecule has 1 saturated carbocycles. The van der Waals surface area contributed by atoms with Crippen LogP contribution in [0.25, 0.3) is 17.2 Å². The van der Waals surface area contributed by atoms with Crippen LogP contribution in [0.1, 0.15) is 55.4 Å². The van der Waals surface area contributed by atoms with Crippen molar-refractivity contribution in [2.24, 2.45) is 5.41 Å². The number of rotatable bonds is 5. The number of nitrogens with zero attached hydrogens (tertiary/aromatic N) is 7. The van der Waals surface area contributed by atoms with Gasteiger partial charge in [-0.3, -0.25) is 0 Å². The Labute approximate surface area is 212 Å². The predicted molar refractivity (Wildman–Crippen MR) is 129 cm³/mol. The van der Waals surface area contributed by atoms with E-state index in [1.54, 1.807) is 12.3 Å². The van der Waals surface area contributed by atoms with Gasteiger partial charge >= 0.3 is 0 Å². The summed E-state index contributed by atoms with van der Waals surface area (Å²) in [6.45, 7) is 4.30. The SMILES string of the molecule is CC1(C)[C@H]2CC[C@]1(c1ccnc(-n3cnc(CS(C)(=O)=O)n3)n1)c1nnc(-c3c(F)cccc3F)cc12. The zero-order chi connectivity index (χ0) is 26.2. The number of fused-ring (bicyclic) bond motifs is 5. The molecule has 0 radical (unpaired) electrons. The summed E-state index contributed by atoms with van der Waals surface area (Å²) in [7, 11) is -3.29. The minimum absolute atomic E-state index is 0.0951. The van der Waals surface area contributed by atoms with Crippen LogP contribution in [0.5, 0.6) is 0 Å². The molecule has 4 aromatic rings. The maximum Gasteiger partial charge on any atom is 0.252 e. The van der Waals surface area contributed by atoms with Crippen molar-refractivity contribution in [1.82, 2.24) is 34.9 Å². The maximum atomic E-state index is 14.5. The smallest absolute Gasteiger partial charge is 0.229 e. The van der Waals surface area contributed by atoms with Gasteiger partial charge in [-0.15, -0.1) is 10.2 Å². The molecule has 6 rings (SSSR count). The van der Waals surface area contributed by atoms with Crippen LogP contribution in [0, 0.1) is 17.0 Å². The minimum Gasteiger partial charge on any atom is -0.229 e. The number of halogens is 2. The fourth-order valence-corrected chi connectivity index (χ4v) is 6.75. The molecular formula is C25H23F2N7O2S. The van der Waals surface area contributed by atoms with Crippen molar-refractivity contribution in [3.8, 4) is 17.2 Å². The third-order valence-electron chi connectivity index (χ3n) is 7.82. The Morgan fingerprint density at radius 1 is 1.11 bits per heavy atom. The zero-order valence-corrected chi connectivity index (χ0v) is 21.2. The Hall–Kier alpha value is -3.67. The standard InChI is InChI=1S/C25H23F2N7O2S/c1-24(2)15-7-9-25(24,22-14(15)11-18(31-32-22)21-16(26)5-4-6-17(21)27)19-8-10-28-23(30-19)34-13-29-20(33-34)12-37(3,35)36/h4-6,8,10-11,13,15H,7,9,12H2,1-3H3/t15-,25-/m0/s1. The molecule has 9 nitrogen and oxygen atoms in total. The van der Waals surface area contributed by atoms with Gasteiger partial charge in [0.2, 0.25) is 0 Å². The number of sulfone groups is 1. The largest absolute Gasteiger partial charge is 0.252 e. The van der Waals surface area contributed by atoms with Gasteiger partial charge in [0.15, 0.2) is 15.7 Å². The molecule has 2 bridgehead atoms. The zero-order valence-electron chi connectivity index (χ0n) is 20.4. The molecule has 0 amide bonds. The van der Waals surface area contributed by atoms with Gasteiger partial charge in [0.05, 0.1) is 28.1 Å². The highest BCUT2D eigenvalue weighted by Gasteiger charge is 2.65. The first-order valence-electron chi connectivity index (χ1n) is 11.8. The van der Waals surface area contributed by atoms with Crippen molar-refractivity contribution < 1.29 is 17.2 Å². The molecule has 2 atom stereocenters. The summed E-state index contributed by atoms with van der Waals surface area (Å²) in [5.74, 6) is -1.15. The number of hydrogen-bond donors (Lipinski definition) is 0. The lowest BCUT2D eigenvalue weighted by atomic mass is 9.66. The van der Waals surface area contributed by atoms with E-state index in [9.17, 15) is 17.2 Å². The number of hydrogen-bond acceptors (Lipinski definition) is 8. The van der Waals surface area contributed by atoms with Crippen LogP contribution in [0.4, 0.5) is 8.78 Å². The van der Waals surface area contributed by atoms with E-state index in [0.717, 1.165) is 36.0 Å². The third kappa shape index (κ3) is 3.49. The molecule has 0 saturated heterocycles. The number of aromatic nitrogens is 7. The second-order valence-electron chi connectivity index (χ2n) is 10.3. The topological polar surface area (TPSA) is 116 Å². The Kier molecular flexibility index (Phi) is 5.07. The van der Waals surface area contributed by atoms with E-state index in [1.807, 2.05) is 6.07 Å². The molecule has 2 aliphatic carbocycles. The van der Waals surface area contributed by atoms with E-state index < -0.39 is 26.9 Å². The molecule has 2 aliphatic rings. The van der Waals surface area contributed by atoms with Crippen molar-refractivity contribution in [1.29, 1.82) is 0 Å². The Bertz CT molecular complexity index is 1650. The second kappa shape index (κ2) is 7.91. The fraction of sp³-hybridized carbons (Fsp3) is 0.360. The van der Waals surface area contributed by atoms with Crippen molar-refractivity contribution in [3.05, 3.63) is 77.3 Å². The summed E-state index contributed by atoms with van der Waals surface area (Å²) in [4.78, 5) is 13.2. The average molecular weight is 524 g/mol. The maximum absolute atomic E-state index is 14.5. The van der Waals surface area contributed by atoms with E-state index in [-0.39, 0.29) is 40.1 Å². The minimum atomic E-state index is -3.29. The van der Waals surface area contributed by atoms with Gasteiger partial charge in [-0.2, -0.15) is 9.78 Å². The molecular weight excluding hydrogens is 500 g/mol. The lowest BCUT2D eigenvalue weighted by Gasteiger charge is -2.37. The van der Waals surface area contributed by atoms with Crippen LogP contribution in [-0.2, 0) is 21.0 Å². The highest BCUT2D eigenvalue weighted by molar-refractivity contribution is 7.89. The van der Waals surface area contributed by atoms with E-state index in [1.165, 1.54) is 29.2 Å². The molecule has 3 aromatic heterocycles. The van der Waals surface area contributed by atoms with Gasteiger partial charge in [-0.25, -0.2) is 32.2 Å². The van der Waals surface area contributed by atoms with E-state index in [2.05, 4.69) is 39.1 Å². The molecule has 0 spiro atoms. The van der Waals surface area contributed by atoms with Crippen LogP contribution in [-0.4, -0.2) is 49.6 Å². The quantitative estimate of drug-likeness (QED) is 0.390. The third-order valence-corrected chi connectivity index (χ3v) is 8.60. The first-order chi connectivity index (χ1) is 17.5. The van der Waals surface area contributed by atoms with E-state index >= 15 is 0 Å². The molecule has 190 valence electrons. The molecule has 1 aromatic carbocycles.